The molecule has 20 heavy (non-hydrogen) atoms. The second kappa shape index (κ2) is 5.68. The standard InChI is InChI=1S/C14H14N2O3S/c1-18-7-9-6-13(17)16-14(15-9)11-8-20-12-5-3-2-4-10(12)19-11/h2-6,11H,7-8H2,1H3,(H,15,16,17). The van der Waals surface area contributed by atoms with Crippen LogP contribution in [-0.2, 0) is 11.3 Å². The summed E-state index contributed by atoms with van der Waals surface area (Å²) in [4.78, 5) is 19.9. The Morgan fingerprint density at radius 3 is 3.20 bits per heavy atom. The van der Waals surface area contributed by atoms with Crippen LogP contribution in [0.5, 0.6) is 5.75 Å². The maximum absolute atomic E-state index is 11.7. The van der Waals surface area contributed by atoms with Gasteiger partial charge in [0.15, 0.2) is 11.9 Å². The van der Waals surface area contributed by atoms with Crippen LogP contribution in [0.1, 0.15) is 17.6 Å². The molecule has 1 aliphatic rings. The lowest BCUT2D eigenvalue weighted by molar-refractivity contribution is 0.178. The molecule has 1 unspecified atom stereocenters. The number of rotatable bonds is 3. The Labute approximate surface area is 120 Å². The summed E-state index contributed by atoms with van der Waals surface area (Å²) in [5, 5.41) is 0. The molecule has 104 valence electrons. The van der Waals surface area contributed by atoms with Crippen molar-refractivity contribution in [1.82, 2.24) is 9.97 Å². The Bertz CT molecular complexity index is 671. The van der Waals surface area contributed by atoms with Gasteiger partial charge in [-0.05, 0) is 12.1 Å². The minimum atomic E-state index is -0.251. The van der Waals surface area contributed by atoms with Crippen molar-refractivity contribution < 1.29 is 9.47 Å². The van der Waals surface area contributed by atoms with E-state index in [1.807, 2.05) is 24.3 Å². The first kappa shape index (κ1) is 13.2. The van der Waals surface area contributed by atoms with Crippen molar-refractivity contribution in [2.75, 3.05) is 12.9 Å². The zero-order valence-corrected chi connectivity index (χ0v) is 11.8. The van der Waals surface area contributed by atoms with Gasteiger partial charge in [-0.25, -0.2) is 4.98 Å². The number of thioether (sulfide) groups is 1. The quantitative estimate of drug-likeness (QED) is 0.938. The Morgan fingerprint density at radius 2 is 2.35 bits per heavy atom. The number of methoxy groups -OCH3 is 1. The number of nitrogens with one attached hydrogen (secondary N) is 1. The summed E-state index contributed by atoms with van der Waals surface area (Å²) in [5.41, 5.74) is 0.424. The topological polar surface area (TPSA) is 64.2 Å². The molecule has 0 fully saturated rings. The molecular weight excluding hydrogens is 276 g/mol. The molecule has 6 heteroatoms. The predicted molar refractivity (Wildman–Crippen MR) is 76.1 cm³/mol. The number of H-pyrrole nitrogens is 1. The van der Waals surface area contributed by atoms with Crippen LogP contribution in [0.4, 0.5) is 0 Å². The van der Waals surface area contributed by atoms with Gasteiger partial charge in [0.05, 0.1) is 12.3 Å². The highest BCUT2D eigenvalue weighted by atomic mass is 32.2. The third kappa shape index (κ3) is 2.71. The monoisotopic (exact) mass is 290 g/mol. The third-order valence-corrected chi connectivity index (χ3v) is 4.04. The number of fused-ring (bicyclic) bond motifs is 1. The van der Waals surface area contributed by atoms with E-state index in [2.05, 4.69) is 9.97 Å². The first-order valence-electron chi connectivity index (χ1n) is 6.24. The van der Waals surface area contributed by atoms with E-state index < -0.39 is 0 Å². The van der Waals surface area contributed by atoms with Gasteiger partial charge >= 0.3 is 0 Å². The molecule has 0 saturated heterocycles. The van der Waals surface area contributed by atoms with Crippen molar-refractivity contribution in [1.29, 1.82) is 0 Å². The van der Waals surface area contributed by atoms with E-state index in [0.29, 0.717) is 18.1 Å². The van der Waals surface area contributed by atoms with Gasteiger partial charge in [0.1, 0.15) is 5.75 Å². The van der Waals surface area contributed by atoms with Crippen molar-refractivity contribution in [2.24, 2.45) is 0 Å². The van der Waals surface area contributed by atoms with Crippen LogP contribution in [0.15, 0.2) is 40.0 Å². The van der Waals surface area contributed by atoms with E-state index in [0.717, 1.165) is 16.4 Å². The summed E-state index contributed by atoms with van der Waals surface area (Å²) >= 11 is 1.70. The Balaban J connectivity index is 1.89. The summed E-state index contributed by atoms with van der Waals surface area (Å²) in [6.45, 7) is 0.313. The van der Waals surface area contributed by atoms with Crippen LogP contribution in [0.25, 0.3) is 0 Å². The Morgan fingerprint density at radius 1 is 1.50 bits per heavy atom. The normalized spacial score (nSPS) is 17.4. The zero-order valence-electron chi connectivity index (χ0n) is 11.0. The molecule has 1 atom stereocenters. The van der Waals surface area contributed by atoms with Crippen molar-refractivity contribution in [3.05, 3.63) is 52.2 Å². The van der Waals surface area contributed by atoms with Crippen LogP contribution < -0.4 is 10.3 Å². The number of nitrogens with zero attached hydrogens (tertiary/aromatic N) is 1. The molecule has 1 aromatic carbocycles. The summed E-state index contributed by atoms with van der Waals surface area (Å²) in [5.74, 6) is 2.09. The number of aromatic amines is 1. The summed E-state index contributed by atoms with van der Waals surface area (Å²) in [6, 6.07) is 9.30. The lowest BCUT2D eigenvalue weighted by atomic mass is 10.3. The smallest absolute Gasteiger partial charge is 0.251 e. The molecule has 0 amide bonds. The molecule has 2 heterocycles. The largest absolute Gasteiger partial charge is 0.480 e. The lowest BCUT2D eigenvalue weighted by Crippen LogP contribution is -2.22. The molecule has 0 spiro atoms. The molecule has 0 aliphatic carbocycles. The molecule has 0 bridgehead atoms. The van der Waals surface area contributed by atoms with E-state index in [1.54, 1.807) is 18.9 Å². The highest BCUT2D eigenvalue weighted by Gasteiger charge is 2.23. The zero-order chi connectivity index (χ0) is 13.9. The highest BCUT2D eigenvalue weighted by Crippen LogP contribution is 2.39. The molecule has 2 aromatic rings. The molecule has 5 nitrogen and oxygen atoms in total. The van der Waals surface area contributed by atoms with Crippen molar-refractivity contribution in [3.8, 4) is 5.75 Å². The fourth-order valence-electron chi connectivity index (χ4n) is 2.06. The highest BCUT2D eigenvalue weighted by molar-refractivity contribution is 7.99. The minimum Gasteiger partial charge on any atom is -0.480 e. The lowest BCUT2D eigenvalue weighted by Gasteiger charge is -2.24. The summed E-state index contributed by atoms with van der Waals surface area (Å²) < 4.78 is 10.9. The molecule has 3 rings (SSSR count). The third-order valence-electron chi connectivity index (χ3n) is 2.92. The number of ether oxygens (including phenoxy) is 2. The number of para-hydroxylation sites is 1. The van der Waals surface area contributed by atoms with Gasteiger partial charge in [-0.15, -0.1) is 11.8 Å². The molecule has 0 radical (unpaired) electrons. The maximum Gasteiger partial charge on any atom is 0.251 e. The summed E-state index contributed by atoms with van der Waals surface area (Å²) in [7, 11) is 1.58. The van der Waals surface area contributed by atoms with Crippen LogP contribution in [0.3, 0.4) is 0 Å². The van der Waals surface area contributed by atoms with Gasteiger partial charge in [-0.3, -0.25) is 4.79 Å². The molecule has 1 N–H and O–H groups in total. The van der Waals surface area contributed by atoms with E-state index >= 15 is 0 Å². The van der Waals surface area contributed by atoms with Gasteiger partial charge in [-0.2, -0.15) is 0 Å². The number of hydrogen-bond donors (Lipinski definition) is 1. The van der Waals surface area contributed by atoms with E-state index in [1.165, 1.54) is 6.07 Å². The fraction of sp³-hybridized carbons (Fsp3) is 0.286. The van der Waals surface area contributed by atoms with Crippen molar-refractivity contribution in [3.63, 3.8) is 0 Å². The van der Waals surface area contributed by atoms with Crippen LogP contribution in [0.2, 0.25) is 0 Å². The van der Waals surface area contributed by atoms with Crippen molar-refractivity contribution in [2.45, 2.75) is 17.6 Å². The van der Waals surface area contributed by atoms with Crippen molar-refractivity contribution >= 4 is 11.8 Å². The first-order valence-corrected chi connectivity index (χ1v) is 7.22. The fourth-order valence-corrected chi connectivity index (χ4v) is 3.05. The van der Waals surface area contributed by atoms with Gasteiger partial charge < -0.3 is 14.5 Å². The number of benzene rings is 1. The molecule has 1 aliphatic heterocycles. The molecule has 1 aromatic heterocycles. The minimum absolute atomic E-state index is 0.186. The van der Waals surface area contributed by atoms with Gasteiger partial charge in [0, 0.05) is 23.8 Å². The predicted octanol–water partition coefficient (Wildman–Crippen LogP) is 2.14. The molecule has 0 saturated carbocycles. The maximum atomic E-state index is 11.7. The second-order valence-electron chi connectivity index (χ2n) is 4.42. The number of aromatic nitrogens is 2. The molecular formula is C14H14N2O3S. The van der Waals surface area contributed by atoms with Gasteiger partial charge in [0.25, 0.3) is 5.56 Å². The van der Waals surface area contributed by atoms with Crippen LogP contribution in [0, 0.1) is 0 Å². The van der Waals surface area contributed by atoms with E-state index in [9.17, 15) is 4.79 Å². The van der Waals surface area contributed by atoms with Crippen LogP contribution in [-0.4, -0.2) is 22.8 Å². The Hall–Kier alpha value is -1.79. The Kier molecular flexibility index (Phi) is 3.75. The van der Waals surface area contributed by atoms with Gasteiger partial charge in [-0.1, -0.05) is 12.1 Å². The SMILES string of the molecule is COCc1cc(=O)[nH]c(C2CSc3ccccc3O2)n1. The van der Waals surface area contributed by atoms with Gasteiger partial charge in [0.2, 0.25) is 0 Å². The second-order valence-corrected chi connectivity index (χ2v) is 5.48. The van der Waals surface area contributed by atoms with Crippen LogP contribution >= 0.6 is 11.8 Å². The average Bonchev–Trinajstić information content (AvgIpc) is 2.46. The average molecular weight is 290 g/mol. The number of hydrogen-bond acceptors (Lipinski definition) is 5. The first-order chi connectivity index (χ1) is 9.76. The van der Waals surface area contributed by atoms with E-state index in [4.69, 9.17) is 9.47 Å². The summed E-state index contributed by atoms with van der Waals surface area (Å²) in [6.07, 6.45) is -0.251. The van der Waals surface area contributed by atoms with E-state index in [-0.39, 0.29) is 11.7 Å².